The first-order valence-electron chi connectivity index (χ1n) is 8.86. The molecule has 3 aliphatic rings. The average molecular weight is 456 g/mol. The van der Waals surface area contributed by atoms with Gasteiger partial charge in [-0.15, -0.1) is 10.0 Å². The number of hydroxylamine groups is 7. The number of nitrogens with one attached hydrogen (secondary N) is 2. The number of rotatable bonds is 8. The monoisotopic (exact) mass is 456 g/mol. The average Bonchev–Trinajstić information content (AvgIpc) is 3.09. The number of nitrogens with zero attached hydrogens (tertiary/aromatic N) is 2. The van der Waals surface area contributed by atoms with Gasteiger partial charge < -0.3 is 10.4 Å². The van der Waals surface area contributed by atoms with Crippen LogP contribution in [0.2, 0.25) is 0 Å². The molecule has 2 N–H and O–H groups in total. The van der Waals surface area contributed by atoms with Crippen LogP contribution in [0.4, 0.5) is 0 Å². The van der Waals surface area contributed by atoms with Crippen molar-refractivity contribution in [3.05, 3.63) is 10.4 Å². The van der Waals surface area contributed by atoms with E-state index in [0.29, 0.717) is 17.8 Å². The predicted molar refractivity (Wildman–Crippen MR) is 95.4 cm³/mol. The largest absolute Gasteiger partial charge is 0.599 e. The molecular weight excluding hydrogens is 427 g/mol. The normalized spacial score (nSPS) is 40.5. The van der Waals surface area contributed by atoms with Crippen LogP contribution in [0.3, 0.4) is 0 Å². The van der Waals surface area contributed by atoms with Crippen molar-refractivity contribution in [3.63, 3.8) is 0 Å². The SMILES string of the molecule is CN(CC1CCC2C3CC(CN(I)O[NH+](C)[O-])C(C3)C12)O[NH+](C)[O-]. The molecule has 9 heteroatoms. The van der Waals surface area contributed by atoms with E-state index < -0.39 is 0 Å². The molecule has 3 fully saturated rings. The summed E-state index contributed by atoms with van der Waals surface area (Å²) in [4.78, 5) is 10.4. The number of halogens is 1. The van der Waals surface area contributed by atoms with Crippen molar-refractivity contribution < 1.29 is 20.3 Å². The molecule has 0 amide bonds. The van der Waals surface area contributed by atoms with Crippen LogP contribution in [0.25, 0.3) is 0 Å². The summed E-state index contributed by atoms with van der Waals surface area (Å²) in [6.07, 6.45) is 5.13. The summed E-state index contributed by atoms with van der Waals surface area (Å²) >= 11 is 2.09. The van der Waals surface area contributed by atoms with Crippen LogP contribution < -0.4 is 10.5 Å². The van der Waals surface area contributed by atoms with Crippen molar-refractivity contribution in [2.45, 2.75) is 25.7 Å². The van der Waals surface area contributed by atoms with Crippen LogP contribution in [0.15, 0.2) is 0 Å². The van der Waals surface area contributed by atoms with Crippen molar-refractivity contribution in [2.24, 2.45) is 35.5 Å². The Morgan fingerprint density at radius 3 is 2.38 bits per heavy atom. The van der Waals surface area contributed by atoms with Gasteiger partial charge in [0.15, 0.2) is 0 Å². The van der Waals surface area contributed by atoms with Crippen molar-refractivity contribution >= 4 is 22.9 Å². The van der Waals surface area contributed by atoms with E-state index in [4.69, 9.17) is 9.88 Å². The third-order valence-electron chi connectivity index (χ3n) is 6.18. The van der Waals surface area contributed by atoms with Gasteiger partial charge in [-0.2, -0.15) is 0 Å². The molecule has 0 spiro atoms. The zero-order valence-electron chi connectivity index (χ0n) is 14.6. The third-order valence-corrected chi connectivity index (χ3v) is 6.77. The highest BCUT2D eigenvalue weighted by Gasteiger charge is 2.57. The molecule has 8 atom stereocenters. The molecule has 8 nitrogen and oxygen atoms in total. The van der Waals surface area contributed by atoms with Gasteiger partial charge in [-0.1, -0.05) is 8.21 Å². The summed E-state index contributed by atoms with van der Waals surface area (Å²) < 4.78 is 1.68. The van der Waals surface area contributed by atoms with E-state index in [2.05, 4.69) is 22.9 Å². The lowest BCUT2D eigenvalue weighted by molar-refractivity contribution is -1.07. The first kappa shape index (κ1) is 19.2. The van der Waals surface area contributed by atoms with Crippen molar-refractivity contribution in [1.82, 2.24) is 8.34 Å². The summed E-state index contributed by atoms with van der Waals surface area (Å²) in [7, 11) is 4.75. The molecule has 0 aromatic heterocycles. The Labute approximate surface area is 157 Å². The minimum atomic E-state index is -0.257. The molecule has 0 aromatic rings. The van der Waals surface area contributed by atoms with E-state index in [-0.39, 0.29) is 10.5 Å². The molecule has 0 saturated heterocycles. The number of fused-ring (bicyclic) bond motifs is 5. The molecule has 0 heterocycles. The van der Waals surface area contributed by atoms with E-state index in [1.165, 1.54) is 39.8 Å². The van der Waals surface area contributed by atoms with Crippen molar-refractivity contribution in [2.75, 3.05) is 34.2 Å². The molecule has 24 heavy (non-hydrogen) atoms. The highest BCUT2D eigenvalue weighted by Crippen LogP contribution is 2.62. The van der Waals surface area contributed by atoms with E-state index in [1.54, 1.807) is 8.34 Å². The number of quaternary nitrogens is 2. The Morgan fingerprint density at radius 2 is 1.71 bits per heavy atom. The summed E-state index contributed by atoms with van der Waals surface area (Å²) in [6, 6.07) is 0. The molecule has 3 rings (SSSR count). The first-order chi connectivity index (χ1) is 11.3. The second-order valence-corrected chi connectivity index (χ2v) is 8.79. The van der Waals surface area contributed by atoms with Gasteiger partial charge in [-0.3, -0.25) is 0 Å². The van der Waals surface area contributed by atoms with E-state index in [0.717, 1.165) is 30.8 Å². The maximum absolute atomic E-state index is 11.1. The highest BCUT2D eigenvalue weighted by molar-refractivity contribution is 14.1. The zero-order chi connectivity index (χ0) is 17.4. The maximum Gasteiger partial charge on any atom is 0.0982 e. The summed E-state index contributed by atoms with van der Waals surface area (Å²) in [6.45, 7) is 1.64. The van der Waals surface area contributed by atoms with Gasteiger partial charge in [0.05, 0.1) is 37.0 Å². The highest BCUT2D eigenvalue weighted by atomic mass is 127. The Hall–Kier alpha value is 0.410. The van der Waals surface area contributed by atoms with Crippen LogP contribution in [-0.4, -0.2) is 42.6 Å². The number of hydrogen-bond acceptors (Lipinski definition) is 6. The zero-order valence-corrected chi connectivity index (χ0v) is 16.8. The molecule has 0 aliphatic heterocycles. The fourth-order valence-corrected chi connectivity index (χ4v) is 6.54. The molecule has 0 aromatic carbocycles. The van der Waals surface area contributed by atoms with Gasteiger partial charge in [-0.05, 0) is 61.2 Å². The lowest BCUT2D eigenvalue weighted by Crippen LogP contribution is -3.04. The topological polar surface area (TPSA) is 79.9 Å². The summed E-state index contributed by atoms with van der Waals surface area (Å²) in [5.41, 5.74) is 0. The third kappa shape index (κ3) is 4.21. The van der Waals surface area contributed by atoms with Crippen LogP contribution in [0.1, 0.15) is 25.7 Å². The van der Waals surface area contributed by atoms with Gasteiger partial charge >= 0.3 is 0 Å². The van der Waals surface area contributed by atoms with Crippen molar-refractivity contribution in [3.8, 4) is 0 Å². The minimum Gasteiger partial charge on any atom is -0.599 e. The van der Waals surface area contributed by atoms with Crippen LogP contribution in [0.5, 0.6) is 0 Å². The van der Waals surface area contributed by atoms with Crippen LogP contribution >= 0.6 is 22.9 Å². The fourth-order valence-electron chi connectivity index (χ4n) is 5.75. The van der Waals surface area contributed by atoms with E-state index in [9.17, 15) is 10.4 Å². The van der Waals surface area contributed by atoms with Gasteiger partial charge in [0, 0.05) is 20.1 Å². The quantitative estimate of drug-likeness (QED) is 0.294. The molecule has 8 unspecified atom stereocenters. The lowest BCUT2D eigenvalue weighted by Gasteiger charge is -2.36. The Morgan fingerprint density at radius 1 is 1.00 bits per heavy atom. The Kier molecular flexibility index (Phi) is 6.37. The van der Waals surface area contributed by atoms with Gasteiger partial charge in [0.2, 0.25) is 0 Å². The smallest absolute Gasteiger partial charge is 0.0982 e. The second kappa shape index (κ2) is 7.97. The minimum absolute atomic E-state index is 0.250. The van der Waals surface area contributed by atoms with Crippen LogP contribution in [0, 0.1) is 45.9 Å². The fraction of sp³-hybridized carbons (Fsp3) is 1.00. The predicted octanol–water partition coefficient (Wildman–Crippen LogP) is -0.413. The van der Waals surface area contributed by atoms with Gasteiger partial charge in [0.25, 0.3) is 0 Å². The lowest BCUT2D eigenvalue weighted by atomic mass is 9.72. The molecular formula is C15H29IN4O4. The maximum atomic E-state index is 11.1. The second-order valence-electron chi connectivity index (χ2n) is 7.71. The summed E-state index contributed by atoms with van der Waals surface area (Å²) in [5, 5.41) is 23.4. The molecule has 3 aliphatic carbocycles. The Balaban J connectivity index is 1.57. The van der Waals surface area contributed by atoms with Gasteiger partial charge in [-0.25, -0.2) is 10.5 Å². The standard InChI is InChI=1S/C15H29IN4O4/c1-17(23-18(2)21)8-10-4-5-13-11-6-12(14(7-11)15(10)13)9-20(16)24-19(3)22/h10-15,18-19H,4-9H2,1-3H3. The first-order valence-corrected chi connectivity index (χ1v) is 9.83. The van der Waals surface area contributed by atoms with Crippen LogP contribution in [-0.2, 0) is 9.88 Å². The molecule has 2 bridgehead atoms. The van der Waals surface area contributed by atoms with Gasteiger partial charge in [0.1, 0.15) is 0 Å². The molecule has 140 valence electrons. The molecule has 3 saturated carbocycles. The van der Waals surface area contributed by atoms with Crippen molar-refractivity contribution in [1.29, 1.82) is 0 Å². The molecule has 0 radical (unpaired) electrons. The van der Waals surface area contributed by atoms with E-state index in [1.807, 2.05) is 7.05 Å². The summed E-state index contributed by atoms with van der Waals surface area (Å²) in [5.74, 6) is 4.33. The number of hydrogen-bond donors (Lipinski definition) is 2. The van der Waals surface area contributed by atoms with E-state index >= 15 is 0 Å². The Bertz CT molecular complexity index is 430.